The van der Waals surface area contributed by atoms with E-state index in [0.717, 1.165) is 29.3 Å². The molecule has 21 heavy (non-hydrogen) atoms. The van der Waals surface area contributed by atoms with Crippen molar-refractivity contribution < 1.29 is 0 Å². The van der Waals surface area contributed by atoms with Crippen LogP contribution in [0.1, 0.15) is 34.7 Å². The van der Waals surface area contributed by atoms with Gasteiger partial charge in [-0.05, 0) is 38.0 Å². The summed E-state index contributed by atoms with van der Waals surface area (Å²) in [6.07, 6.45) is 1.02. The van der Waals surface area contributed by atoms with E-state index in [4.69, 9.17) is 10.1 Å². The van der Waals surface area contributed by atoms with Gasteiger partial charge in [-0.15, -0.1) is 5.10 Å². The lowest BCUT2D eigenvalue weighted by atomic mass is 10.1. The number of thiazole rings is 1. The molecule has 1 unspecified atom stereocenters. The standard InChI is InChI=1S/C16H18N4S/c1-9-4-5-12(8-10(9)2)15-18-16-20(19-15)13-6-7-17-11(3)14(13)21-16/h4-5,8,11,17H,6-7H2,1-3H3. The molecule has 1 N–H and O–H groups in total. The van der Waals surface area contributed by atoms with Gasteiger partial charge < -0.3 is 5.32 Å². The van der Waals surface area contributed by atoms with Crippen LogP contribution in [0.25, 0.3) is 16.3 Å². The van der Waals surface area contributed by atoms with Crippen molar-refractivity contribution in [2.24, 2.45) is 0 Å². The third-order valence-corrected chi connectivity index (χ3v) is 5.55. The number of nitrogens with zero attached hydrogens (tertiary/aromatic N) is 3. The molecule has 0 fully saturated rings. The third kappa shape index (κ3) is 2.00. The number of aromatic nitrogens is 3. The van der Waals surface area contributed by atoms with E-state index in [1.165, 1.54) is 21.7 Å². The molecule has 0 amide bonds. The molecule has 3 aromatic rings. The van der Waals surface area contributed by atoms with E-state index in [-0.39, 0.29) is 0 Å². The summed E-state index contributed by atoms with van der Waals surface area (Å²) in [6, 6.07) is 6.83. The van der Waals surface area contributed by atoms with Crippen molar-refractivity contribution in [1.29, 1.82) is 0 Å². The van der Waals surface area contributed by atoms with Crippen molar-refractivity contribution in [3.8, 4) is 11.4 Å². The Morgan fingerprint density at radius 3 is 2.95 bits per heavy atom. The summed E-state index contributed by atoms with van der Waals surface area (Å²) in [6.45, 7) is 7.48. The van der Waals surface area contributed by atoms with Crippen LogP contribution in [0.15, 0.2) is 18.2 Å². The van der Waals surface area contributed by atoms with Crippen LogP contribution >= 0.6 is 11.3 Å². The summed E-state index contributed by atoms with van der Waals surface area (Å²) < 4.78 is 2.04. The third-order valence-electron chi connectivity index (χ3n) is 4.29. The van der Waals surface area contributed by atoms with Crippen molar-refractivity contribution in [3.05, 3.63) is 39.9 Å². The van der Waals surface area contributed by atoms with E-state index in [2.05, 4.69) is 44.3 Å². The fraction of sp³-hybridized carbons (Fsp3) is 0.375. The predicted octanol–water partition coefficient (Wildman–Crippen LogP) is 3.28. The second-order valence-electron chi connectivity index (χ2n) is 5.77. The molecule has 2 aromatic heterocycles. The quantitative estimate of drug-likeness (QED) is 0.749. The van der Waals surface area contributed by atoms with Crippen molar-refractivity contribution in [3.63, 3.8) is 0 Å². The molecule has 4 rings (SSSR count). The maximum atomic E-state index is 4.75. The first-order chi connectivity index (χ1) is 10.1. The van der Waals surface area contributed by atoms with Gasteiger partial charge in [0, 0.05) is 29.4 Å². The van der Waals surface area contributed by atoms with Gasteiger partial charge in [-0.3, -0.25) is 0 Å². The Morgan fingerprint density at radius 2 is 2.14 bits per heavy atom. The minimum atomic E-state index is 0.410. The van der Waals surface area contributed by atoms with E-state index in [9.17, 15) is 0 Å². The lowest BCUT2D eigenvalue weighted by molar-refractivity contribution is 0.537. The Balaban J connectivity index is 1.84. The van der Waals surface area contributed by atoms with E-state index in [1.807, 2.05) is 4.52 Å². The van der Waals surface area contributed by atoms with Gasteiger partial charge in [0.2, 0.25) is 4.96 Å². The highest BCUT2D eigenvalue weighted by Crippen LogP contribution is 2.32. The Bertz CT molecular complexity index is 830. The largest absolute Gasteiger partial charge is 0.309 e. The zero-order valence-electron chi connectivity index (χ0n) is 12.5. The van der Waals surface area contributed by atoms with Crippen molar-refractivity contribution >= 4 is 16.3 Å². The SMILES string of the molecule is Cc1ccc(-c2nc3sc4c(n3n2)CCNC4C)cc1C. The lowest BCUT2D eigenvalue weighted by Crippen LogP contribution is -2.27. The zero-order chi connectivity index (χ0) is 14.6. The topological polar surface area (TPSA) is 42.2 Å². The maximum absolute atomic E-state index is 4.75. The Morgan fingerprint density at radius 1 is 1.29 bits per heavy atom. The average Bonchev–Trinajstić information content (AvgIpc) is 3.01. The average molecular weight is 298 g/mol. The minimum absolute atomic E-state index is 0.410. The molecule has 0 spiro atoms. The second-order valence-corrected chi connectivity index (χ2v) is 6.78. The molecule has 3 heterocycles. The van der Waals surface area contributed by atoms with Gasteiger partial charge in [0.25, 0.3) is 0 Å². The second kappa shape index (κ2) is 4.64. The normalized spacial score (nSPS) is 18.1. The Kier molecular flexibility index (Phi) is 2.87. The fourth-order valence-corrected chi connectivity index (χ4v) is 4.00. The number of hydrogen-bond donors (Lipinski definition) is 1. The monoisotopic (exact) mass is 298 g/mol. The molecule has 1 aliphatic rings. The summed E-state index contributed by atoms with van der Waals surface area (Å²) in [5, 5.41) is 8.24. The number of nitrogens with one attached hydrogen (secondary N) is 1. The first kappa shape index (κ1) is 13.0. The molecule has 0 bridgehead atoms. The van der Waals surface area contributed by atoms with Crippen LogP contribution in [0.5, 0.6) is 0 Å². The van der Waals surface area contributed by atoms with Crippen molar-refractivity contribution in [2.75, 3.05) is 6.54 Å². The van der Waals surface area contributed by atoms with Gasteiger partial charge in [0.1, 0.15) is 0 Å². The van der Waals surface area contributed by atoms with Crippen LogP contribution < -0.4 is 5.32 Å². The molecule has 1 aromatic carbocycles. The minimum Gasteiger partial charge on any atom is -0.309 e. The maximum Gasteiger partial charge on any atom is 0.213 e. The molecule has 4 nitrogen and oxygen atoms in total. The zero-order valence-corrected chi connectivity index (χ0v) is 13.3. The molecule has 108 valence electrons. The number of benzene rings is 1. The highest BCUT2D eigenvalue weighted by atomic mass is 32.1. The van der Waals surface area contributed by atoms with E-state index < -0.39 is 0 Å². The summed E-state index contributed by atoms with van der Waals surface area (Å²) in [4.78, 5) is 7.12. The summed E-state index contributed by atoms with van der Waals surface area (Å²) >= 11 is 1.76. The van der Waals surface area contributed by atoms with Crippen LogP contribution in [-0.2, 0) is 6.42 Å². The van der Waals surface area contributed by atoms with Gasteiger partial charge in [-0.2, -0.15) is 4.98 Å². The van der Waals surface area contributed by atoms with Gasteiger partial charge in [-0.1, -0.05) is 23.5 Å². The predicted molar refractivity (Wildman–Crippen MR) is 85.9 cm³/mol. The highest BCUT2D eigenvalue weighted by Gasteiger charge is 2.23. The number of hydrogen-bond acceptors (Lipinski definition) is 4. The van der Waals surface area contributed by atoms with Crippen LogP contribution in [0.3, 0.4) is 0 Å². The molecule has 5 heteroatoms. The molecule has 0 saturated carbocycles. The van der Waals surface area contributed by atoms with E-state index in [0.29, 0.717) is 6.04 Å². The first-order valence-electron chi connectivity index (χ1n) is 7.33. The van der Waals surface area contributed by atoms with Gasteiger partial charge >= 0.3 is 0 Å². The van der Waals surface area contributed by atoms with Gasteiger partial charge in [0.15, 0.2) is 5.82 Å². The molecule has 0 saturated heterocycles. The summed E-state index contributed by atoms with van der Waals surface area (Å²) in [5.41, 5.74) is 5.01. The smallest absolute Gasteiger partial charge is 0.213 e. The molecular formula is C16H18N4S. The number of fused-ring (bicyclic) bond motifs is 3. The van der Waals surface area contributed by atoms with E-state index >= 15 is 0 Å². The highest BCUT2D eigenvalue weighted by molar-refractivity contribution is 7.17. The van der Waals surface area contributed by atoms with Crippen LogP contribution in [0, 0.1) is 13.8 Å². The summed E-state index contributed by atoms with van der Waals surface area (Å²) in [5.74, 6) is 0.832. The van der Waals surface area contributed by atoms with Crippen LogP contribution in [-0.4, -0.2) is 21.1 Å². The fourth-order valence-electron chi connectivity index (χ4n) is 2.87. The first-order valence-corrected chi connectivity index (χ1v) is 8.14. The van der Waals surface area contributed by atoms with Crippen LogP contribution in [0.2, 0.25) is 0 Å². The molecule has 0 radical (unpaired) electrons. The van der Waals surface area contributed by atoms with Crippen LogP contribution in [0.4, 0.5) is 0 Å². The number of rotatable bonds is 1. The van der Waals surface area contributed by atoms with Gasteiger partial charge in [0.05, 0.1) is 5.69 Å². The van der Waals surface area contributed by atoms with Crippen molar-refractivity contribution in [1.82, 2.24) is 19.9 Å². The van der Waals surface area contributed by atoms with Crippen molar-refractivity contribution in [2.45, 2.75) is 33.2 Å². The van der Waals surface area contributed by atoms with E-state index in [1.54, 1.807) is 11.3 Å². The molecule has 1 atom stereocenters. The molecular weight excluding hydrogens is 280 g/mol. The summed E-state index contributed by atoms with van der Waals surface area (Å²) in [7, 11) is 0. The molecule has 1 aliphatic heterocycles. The Hall–Kier alpha value is -1.72. The number of aryl methyl sites for hydroxylation is 2. The lowest BCUT2D eigenvalue weighted by Gasteiger charge is -2.19. The molecule has 0 aliphatic carbocycles. The Labute approximate surface area is 127 Å². The van der Waals surface area contributed by atoms with Gasteiger partial charge in [-0.25, -0.2) is 4.52 Å².